The molecule has 0 atom stereocenters. The number of hydrogen-bond acceptors (Lipinski definition) is 7. The van der Waals surface area contributed by atoms with Gasteiger partial charge in [-0.05, 0) is 71.8 Å². The van der Waals surface area contributed by atoms with Gasteiger partial charge in [-0.25, -0.2) is 0 Å². The van der Waals surface area contributed by atoms with Crippen LogP contribution in [0, 0.1) is 10.1 Å². The summed E-state index contributed by atoms with van der Waals surface area (Å²) in [5.74, 6) is -0.554. The molecule has 0 aliphatic carbocycles. The molecule has 0 aliphatic rings. The Balaban J connectivity index is 1.25. The maximum Gasteiger partial charge on any atom is 0.272 e. The maximum atomic E-state index is 13.5. The summed E-state index contributed by atoms with van der Waals surface area (Å²) in [6.07, 6.45) is 1.58. The quantitative estimate of drug-likeness (QED) is 0.0522. The Kier molecular flexibility index (Phi) is 11.3. The van der Waals surface area contributed by atoms with E-state index in [2.05, 4.69) is 16.0 Å². The van der Waals surface area contributed by atoms with E-state index in [0.717, 1.165) is 10.5 Å². The van der Waals surface area contributed by atoms with Crippen molar-refractivity contribution in [3.63, 3.8) is 0 Å². The normalized spacial score (nSPS) is 10.9. The summed E-state index contributed by atoms with van der Waals surface area (Å²) in [6.45, 7) is 0.415. The number of nitro groups is 1. The third kappa shape index (κ3) is 9.90. The third-order valence-corrected chi connectivity index (χ3v) is 7.79. The van der Waals surface area contributed by atoms with Crippen LogP contribution in [0.15, 0.2) is 144 Å². The molecule has 0 heterocycles. The van der Waals surface area contributed by atoms with Crippen LogP contribution in [0.3, 0.4) is 0 Å². The summed E-state index contributed by atoms with van der Waals surface area (Å²) in [6, 6.07) is 38.1. The number of hydrogen-bond donors (Lipinski definition) is 3. The summed E-state index contributed by atoms with van der Waals surface area (Å²) < 4.78 is 5.87. The van der Waals surface area contributed by atoms with Gasteiger partial charge in [-0.2, -0.15) is 0 Å². The first-order valence-electron chi connectivity index (χ1n) is 14.8. The van der Waals surface area contributed by atoms with E-state index >= 15 is 0 Å². The minimum atomic E-state index is -0.540. The zero-order valence-electron chi connectivity index (χ0n) is 25.5. The smallest absolute Gasteiger partial charge is 0.272 e. The van der Waals surface area contributed by atoms with E-state index in [1.165, 1.54) is 36.0 Å². The van der Waals surface area contributed by atoms with E-state index in [1.807, 2.05) is 30.3 Å². The zero-order valence-corrected chi connectivity index (χ0v) is 26.3. The summed E-state index contributed by atoms with van der Waals surface area (Å²) in [5.41, 5.74) is 2.97. The molecule has 0 aliphatic heterocycles. The molecular weight excluding hydrogens is 628 g/mol. The molecule has 5 aromatic carbocycles. The fourth-order valence-electron chi connectivity index (χ4n) is 4.38. The van der Waals surface area contributed by atoms with Gasteiger partial charge in [0.25, 0.3) is 17.5 Å². The first-order chi connectivity index (χ1) is 23.3. The molecule has 0 saturated heterocycles. The Morgan fingerprint density at radius 3 is 2.12 bits per heavy atom. The second-order valence-corrected chi connectivity index (χ2v) is 11.4. The summed E-state index contributed by atoms with van der Waals surface area (Å²) in [7, 11) is 0. The molecule has 48 heavy (non-hydrogen) atoms. The van der Waals surface area contributed by atoms with Gasteiger partial charge in [0.15, 0.2) is 0 Å². The molecule has 0 aromatic heterocycles. The molecule has 0 bridgehead atoms. The van der Waals surface area contributed by atoms with Crippen LogP contribution in [0.5, 0.6) is 5.75 Å². The van der Waals surface area contributed by atoms with Gasteiger partial charge in [0.1, 0.15) is 18.1 Å². The van der Waals surface area contributed by atoms with Crippen molar-refractivity contribution in [1.82, 2.24) is 5.32 Å². The van der Waals surface area contributed by atoms with Crippen LogP contribution < -0.4 is 20.7 Å². The highest BCUT2D eigenvalue weighted by Crippen LogP contribution is 2.23. The van der Waals surface area contributed by atoms with Gasteiger partial charge in [0.2, 0.25) is 5.91 Å². The number of carbonyl (C=O) groups excluding carboxylic acids is 3. The number of carbonyl (C=O) groups is 3. The fourth-order valence-corrected chi connectivity index (χ4v) is 5.14. The summed E-state index contributed by atoms with van der Waals surface area (Å²) in [5, 5.41) is 19.1. The number of nitrogens with zero attached hydrogens (tertiary/aromatic N) is 1. The second-order valence-electron chi connectivity index (χ2n) is 10.3. The van der Waals surface area contributed by atoms with Gasteiger partial charge in [-0.15, -0.1) is 11.8 Å². The first kappa shape index (κ1) is 33.2. The molecule has 0 spiro atoms. The lowest BCUT2D eigenvalue weighted by atomic mass is 10.1. The average molecular weight is 659 g/mol. The van der Waals surface area contributed by atoms with Gasteiger partial charge in [0.05, 0.1) is 10.7 Å². The van der Waals surface area contributed by atoms with Gasteiger partial charge in [0, 0.05) is 34.0 Å². The molecule has 0 unspecified atom stereocenters. The Hall–Kier alpha value is -6.20. The Morgan fingerprint density at radius 2 is 1.44 bits per heavy atom. The molecule has 11 heteroatoms. The Morgan fingerprint density at radius 1 is 0.750 bits per heavy atom. The van der Waals surface area contributed by atoms with Crippen molar-refractivity contribution in [2.45, 2.75) is 11.5 Å². The van der Waals surface area contributed by atoms with Crippen LogP contribution in [0.1, 0.15) is 21.5 Å². The van der Waals surface area contributed by atoms with E-state index in [-0.39, 0.29) is 23.0 Å². The van der Waals surface area contributed by atoms with Gasteiger partial charge in [-0.1, -0.05) is 66.7 Å². The minimum Gasteiger partial charge on any atom is -0.489 e. The number of benzene rings is 5. The number of ether oxygens (including phenoxy) is 1. The monoisotopic (exact) mass is 658 g/mol. The van der Waals surface area contributed by atoms with E-state index in [1.54, 1.807) is 84.9 Å². The Labute approximate surface area is 281 Å². The molecular formula is C37H30N4O6S. The average Bonchev–Trinajstić information content (AvgIpc) is 3.11. The van der Waals surface area contributed by atoms with Crippen molar-refractivity contribution in [1.29, 1.82) is 0 Å². The zero-order chi connectivity index (χ0) is 33.7. The predicted molar refractivity (Wildman–Crippen MR) is 187 cm³/mol. The second kappa shape index (κ2) is 16.4. The first-order valence-corrected chi connectivity index (χ1v) is 15.7. The van der Waals surface area contributed by atoms with E-state index in [4.69, 9.17) is 4.74 Å². The highest BCUT2D eigenvalue weighted by Gasteiger charge is 2.16. The highest BCUT2D eigenvalue weighted by atomic mass is 32.2. The number of nitrogens with one attached hydrogen (secondary N) is 3. The molecule has 5 rings (SSSR count). The lowest BCUT2D eigenvalue weighted by Gasteiger charge is -2.12. The molecule has 0 radical (unpaired) electrons. The van der Waals surface area contributed by atoms with Crippen LogP contribution in [0.25, 0.3) is 6.08 Å². The largest absolute Gasteiger partial charge is 0.489 e. The van der Waals surface area contributed by atoms with Crippen LogP contribution in [0.4, 0.5) is 17.1 Å². The van der Waals surface area contributed by atoms with E-state index in [9.17, 15) is 24.5 Å². The lowest BCUT2D eigenvalue weighted by Crippen LogP contribution is -2.30. The number of thioether (sulfide) groups is 1. The van der Waals surface area contributed by atoms with Crippen molar-refractivity contribution in [2.24, 2.45) is 0 Å². The van der Waals surface area contributed by atoms with E-state index in [0.29, 0.717) is 34.9 Å². The molecule has 10 nitrogen and oxygen atoms in total. The molecule has 3 N–H and O–H groups in total. The van der Waals surface area contributed by atoms with Crippen LogP contribution in [-0.4, -0.2) is 28.4 Å². The predicted octanol–water partition coefficient (Wildman–Crippen LogP) is 7.31. The molecule has 0 saturated carbocycles. The van der Waals surface area contributed by atoms with Crippen molar-refractivity contribution < 1.29 is 24.0 Å². The van der Waals surface area contributed by atoms with Crippen LogP contribution in [-0.2, 0) is 16.2 Å². The molecule has 3 amide bonds. The van der Waals surface area contributed by atoms with Gasteiger partial charge < -0.3 is 20.7 Å². The van der Waals surface area contributed by atoms with Crippen molar-refractivity contribution in [3.8, 4) is 5.75 Å². The Bertz CT molecular complexity index is 1920. The van der Waals surface area contributed by atoms with Crippen LogP contribution >= 0.6 is 11.8 Å². The number of non-ortho nitro benzene ring substituents is 1. The number of rotatable bonds is 13. The van der Waals surface area contributed by atoms with Crippen molar-refractivity contribution >= 4 is 52.6 Å². The highest BCUT2D eigenvalue weighted by molar-refractivity contribution is 8.00. The third-order valence-electron chi connectivity index (χ3n) is 6.79. The van der Waals surface area contributed by atoms with Crippen LogP contribution in [0.2, 0.25) is 0 Å². The van der Waals surface area contributed by atoms with E-state index < -0.39 is 16.7 Å². The van der Waals surface area contributed by atoms with Crippen molar-refractivity contribution in [2.75, 3.05) is 16.4 Å². The molecule has 0 fully saturated rings. The molecule has 5 aromatic rings. The van der Waals surface area contributed by atoms with Gasteiger partial charge >= 0.3 is 0 Å². The SMILES string of the molecule is O=C(CSc1cccc(NC(=O)/C(=C/c2ccc(OCc3ccccc3)cc2)NC(=O)c2ccccc2)c1)Nc1ccc([N+](=O)[O-])cc1. The van der Waals surface area contributed by atoms with Crippen molar-refractivity contribution in [3.05, 3.63) is 166 Å². The maximum absolute atomic E-state index is 13.5. The number of nitro benzene ring substituents is 1. The topological polar surface area (TPSA) is 140 Å². The number of amides is 3. The summed E-state index contributed by atoms with van der Waals surface area (Å²) in [4.78, 5) is 50.1. The van der Waals surface area contributed by atoms with Gasteiger partial charge in [-0.3, -0.25) is 24.5 Å². The fraction of sp³-hybridized carbons (Fsp3) is 0.0541. The minimum absolute atomic E-state index is 0.0299. The molecule has 240 valence electrons. The summed E-state index contributed by atoms with van der Waals surface area (Å²) >= 11 is 1.25. The number of anilines is 2. The standard InChI is InChI=1S/C37H30N4O6S/c42-35(38-29-16-18-31(19-17-29)41(45)46)25-48-33-13-7-12-30(23-33)39-37(44)34(40-36(43)28-10-5-2-6-11-28)22-26-14-20-32(21-15-26)47-24-27-8-3-1-4-9-27/h1-23H,24-25H2,(H,38,42)(H,39,44)(H,40,43)/b34-22-. The lowest BCUT2D eigenvalue weighted by molar-refractivity contribution is -0.384.